The van der Waals surface area contributed by atoms with E-state index in [0.29, 0.717) is 25.0 Å². The van der Waals surface area contributed by atoms with Crippen molar-refractivity contribution in [1.29, 1.82) is 0 Å². The topological polar surface area (TPSA) is 117 Å². The van der Waals surface area contributed by atoms with Gasteiger partial charge in [0.2, 0.25) is 0 Å². The van der Waals surface area contributed by atoms with E-state index in [2.05, 4.69) is 41.5 Å². The molecule has 5 fully saturated rings. The zero-order valence-corrected chi connectivity index (χ0v) is 25.6. The van der Waals surface area contributed by atoms with Crippen LogP contribution in [0.3, 0.4) is 0 Å². The largest absolute Gasteiger partial charge is 0.457 e. The first-order valence-corrected chi connectivity index (χ1v) is 15.2. The van der Waals surface area contributed by atoms with E-state index < -0.39 is 41.1 Å². The second kappa shape index (κ2) is 8.52. The van der Waals surface area contributed by atoms with Gasteiger partial charge >= 0.3 is 5.97 Å². The molecule has 1 aliphatic heterocycles. The number of aliphatic hydroxyl groups is 3. The lowest BCUT2D eigenvalue weighted by Crippen LogP contribution is -2.69. The summed E-state index contributed by atoms with van der Waals surface area (Å²) in [6.07, 6.45) is 3.51. The Morgan fingerprint density at radius 2 is 1.77 bits per heavy atom. The van der Waals surface area contributed by atoms with Crippen LogP contribution in [0.25, 0.3) is 0 Å². The number of esters is 1. The van der Waals surface area contributed by atoms with Gasteiger partial charge in [0.1, 0.15) is 17.0 Å². The van der Waals surface area contributed by atoms with E-state index in [0.717, 1.165) is 32.1 Å². The molecule has 7 heteroatoms. The molecule has 11 atom stereocenters. The highest BCUT2D eigenvalue weighted by Gasteiger charge is 2.88. The van der Waals surface area contributed by atoms with Gasteiger partial charge < -0.3 is 24.8 Å². The second-order valence-corrected chi connectivity index (χ2v) is 15.9. The normalized spacial score (nSPS) is 48.6. The third kappa shape index (κ3) is 3.61. The van der Waals surface area contributed by atoms with Crippen LogP contribution in [0.2, 0.25) is 0 Å². The number of epoxide rings is 1. The summed E-state index contributed by atoms with van der Waals surface area (Å²) < 4.78 is 12.2. The van der Waals surface area contributed by atoms with Crippen LogP contribution in [-0.4, -0.2) is 62.2 Å². The molecule has 1 heterocycles. The lowest BCUT2D eigenvalue weighted by atomic mass is 9.35. The van der Waals surface area contributed by atoms with Gasteiger partial charge in [-0.25, -0.2) is 0 Å². The van der Waals surface area contributed by atoms with Crippen LogP contribution in [-0.2, 0) is 19.1 Å². The Bertz CT molecular complexity index is 1050. The van der Waals surface area contributed by atoms with E-state index in [-0.39, 0.29) is 39.4 Å². The van der Waals surface area contributed by atoms with Crippen LogP contribution < -0.4 is 0 Å². The molecule has 4 saturated carbocycles. The first-order chi connectivity index (χ1) is 17.7. The van der Waals surface area contributed by atoms with Gasteiger partial charge in [-0.3, -0.25) is 9.59 Å². The number of rotatable bonds is 6. The van der Waals surface area contributed by atoms with Crippen LogP contribution in [0.15, 0.2) is 0 Å². The molecule has 0 aromatic heterocycles. The molecular formula is C32H52O7. The van der Waals surface area contributed by atoms with Crippen molar-refractivity contribution < 1.29 is 34.4 Å². The van der Waals surface area contributed by atoms with Crippen molar-refractivity contribution in [2.24, 2.45) is 39.4 Å². The van der Waals surface area contributed by atoms with Crippen molar-refractivity contribution in [3.05, 3.63) is 0 Å². The van der Waals surface area contributed by atoms with Gasteiger partial charge in [-0.1, -0.05) is 41.5 Å². The Balaban J connectivity index is 1.44. The van der Waals surface area contributed by atoms with Gasteiger partial charge in [-0.15, -0.1) is 0 Å². The van der Waals surface area contributed by atoms with Crippen molar-refractivity contribution in [3.8, 4) is 0 Å². The molecule has 39 heavy (non-hydrogen) atoms. The third-order valence-corrected chi connectivity index (χ3v) is 13.4. The predicted octanol–water partition coefficient (Wildman–Crippen LogP) is 4.58. The van der Waals surface area contributed by atoms with Crippen LogP contribution in [0.5, 0.6) is 0 Å². The average Bonchev–Trinajstić information content (AvgIpc) is 3.38. The third-order valence-electron chi connectivity index (χ3n) is 13.4. The van der Waals surface area contributed by atoms with Crippen molar-refractivity contribution in [2.45, 2.75) is 149 Å². The summed E-state index contributed by atoms with van der Waals surface area (Å²) in [5.74, 6) is 0.122. The molecule has 0 amide bonds. The molecule has 0 aromatic carbocycles. The van der Waals surface area contributed by atoms with Crippen LogP contribution in [0.4, 0.5) is 0 Å². The molecule has 11 unspecified atom stereocenters. The van der Waals surface area contributed by atoms with Crippen molar-refractivity contribution >= 4 is 11.8 Å². The van der Waals surface area contributed by atoms with E-state index in [1.54, 1.807) is 13.8 Å². The minimum absolute atomic E-state index is 0.0553. The fourth-order valence-electron chi connectivity index (χ4n) is 11.4. The molecule has 5 rings (SSSR count). The summed E-state index contributed by atoms with van der Waals surface area (Å²) in [7, 11) is 0. The summed E-state index contributed by atoms with van der Waals surface area (Å²) in [6, 6.07) is 0. The van der Waals surface area contributed by atoms with Gasteiger partial charge in [0.25, 0.3) is 0 Å². The second-order valence-electron chi connectivity index (χ2n) is 15.9. The van der Waals surface area contributed by atoms with Crippen molar-refractivity contribution in [1.82, 2.24) is 0 Å². The molecule has 0 radical (unpaired) electrons. The smallest absolute Gasteiger partial charge is 0.303 e. The molecule has 7 nitrogen and oxygen atoms in total. The summed E-state index contributed by atoms with van der Waals surface area (Å²) in [5.41, 5.74) is -3.09. The summed E-state index contributed by atoms with van der Waals surface area (Å²) in [6.45, 7) is 17.8. The summed E-state index contributed by atoms with van der Waals surface area (Å²) in [4.78, 5) is 24.7. The monoisotopic (exact) mass is 548 g/mol. The number of hydrogen-bond donors (Lipinski definition) is 3. The molecule has 1 spiro atoms. The fourth-order valence-corrected chi connectivity index (χ4v) is 11.4. The van der Waals surface area contributed by atoms with Gasteiger partial charge in [0, 0.05) is 30.6 Å². The fraction of sp³-hybridized carbons (Fsp3) is 0.938. The molecule has 1 saturated heterocycles. The van der Waals surface area contributed by atoms with Gasteiger partial charge in [-0.2, -0.15) is 0 Å². The van der Waals surface area contributed by atoms with Crippen LogP contribution >= 0.6 is 0 Å². The standard InChI is InChI=1S/C32H52O7/c1-18(16-20(34)25(27(5,6)37)38-19(2)33)31-15-14-30(9)29(8)13-10-22-26(3,4)23(36)11-12-28(22,7)24(29)21(35)17-32(30,31)39-31/h18,20-22,24-25,34-35,37H,10-17H2,1-9H3. The quantitative estimate of drug-likeness (QED) is 0.329. The number of carbonyl (C=O) groups is 2. The molecular weight excluding hydrogens is 496 g/mol. The van der Waals surface area contributed by atoms with Gasteiger partial charge in [0.05, 0.1) is 17.8 Å². The first-order valence-electron chi connectivity index (χ1n) is 15.2. The average molecular weight is 549 g/mol. The SMILES string of the molecule is CC(=O)OC(C(O)CC(C)C12CCC3(C)C4(C)CCC5C(C)(C)C(=O)CCC5(C)C4C(O)CC13O2)C(C)(C)O. The minimum Gasteiger partial charge on any atom is -0.457 e. The Hall–Kier alpha value is -1.02. The van der Waals surface area contributed by atoms with E-state index in [4.69, 9.17) is 9.47 Å². The number of carbonyl (C=O) groups excluding carboxylic acids is 2. The highest BCUT2D eigenvalue weighted by molar-refractivity contribution is 5.85. The van der Waals surface area contributed by atoms with Gasteiger partial charge in [-0.05, 0) is 81.0 Å². The van der Waals surface area contributed by atoms with Crippen LogP contribution in [0, 0.1) is 39.4 Å². The molecule has 222 valence electrons. The Labute approximate surface area is 234 Å². The van der Waals surface area contributed by atoms with Gasteiger partial charge in [0.15, 0.2) is 6.10 Å². The highest BCUT2D eigenvalue weighted by atomic mass is 16.6. The number of ketones is 1. The van der Waals surface area contributed by atoms with Crippen molar-refractivity contribution in [2.75, 3.05) is 0 Å². The summed E-state index contributed by atoms with van der Waals surface area (Å²) >= 11 is 0. The predicted molar refractivity (Wildman–Crippen MR) is 147 cm³/mol. The molecule has 0 bridgehead atoms. The first kappa shape index (κ1) is 29.5. The Morgan fingerprint density at radius 1 is 1.13 bits per heavy atom. The van der Waals surface area contributed by atoms with Crippen LogP contribution in [0.1, 0.15) is 114 Å². The maximum atomic E-state index is 13.0. The number of Topliss-reactive ketones (excluding diaryl/α,β-unsaturated/α-hetero) is 1. The maximum Gasteiger partial charge on any atom is 0.303 e. The number of aliphatic hydroxyl groups excluding tert-OH is 2. The Kier molecular flexibility index (Phi) is 6.43. The molecule has 0 aromatic rings. The van der Waals surface area contributed by atoms with E-state index in [1.165, 1.54) is 6.92 Å². The highest BCUT2D eigenvalue weighted by Crippen LogP contribution is 2.84. The lowest BCUT2D eigenvalue weighted by molar-refractivity contribution is -0.242. The molecule has 4 aliphatic carbocycles. The Morgan fingerprint density at radius 3 is 2.36 bits per heavy atom. The summed E-state index contributed by atoms with van der Waals surface area (Å²) in [5, 5.41) is 33.8. The molecule has 3 N–H and O–H groups in total. The van der Waals surface area contributed by atoms with E-state index >= 15 is 0 Å². The molecule has 5 aliphatic rings. The lowest BCUT2D eigenvalue weighted by Gasteiger charge is -2.69. The van der Waals surface area contributed by atoms with E-state index in [9.17, 15) is 24.9 Å². The maximum absolute atomic E-state index is 13.0. The van der Waals surface area contributed by atoms with Crippen molar-refractivity contribution in [3.63, 3.8) is 0 Å². The zero-order chi connectivity index (χ0) is 29.2. The number of fused-ring (bicyclic) bond motifs is 4. The number of hydrogen-bond acceptors (Lipinski definition) is 7. The minimum atomic E-state index is -1.39. The zero-order valence-electron chi connectivity index (χ0n) is 25.6. The van der Waals surface area contributed by atoms with E-state index in [1.807, 2.05) is 0 Å². The number of ether oxygens (including phenoxy) is 2.